The zero-order valence-electron chi connectivity index (χ0n) is 19.2. The van der Waals surface area contributed by atoms with E-state index in [0.717, 1.165) is 32.1 Å². The predicted octanol–water partition coefficient (Wildman–Crippen LogP) is 2.20. The maximum Gasteiger partial charge on any atom is 0.319 e. The van der Waals surface area contributed by atoms with E-state index < -0.39 is 35.7 Å². The number of epoxide rings is 1. The molecule has 2 saturated heterocycles. The van der Waals surface area contributed by atoms with Gasteiger partial charge >= 0.3 is 17.9 Å². The largest absolute Gasteiger partial charge is 0.461 e. The third kappa shape index (κ3) is 3.55. The Balaban J connectivity index is 1.50. The molecule has 0 N–H and O–H groups in total. The van der Waals surface area contributed by atoms with Gasteiger partial charge in [-0.05, 0) is 39.9 Å². The van der Waals surface area contributed by atoms with Gasteiger partial charge in [0.05, 0.1) is 35.3 Å². The van der Waals surface area contributed by atoms with E-state index in [4.69, 9.17) is 18.9 Å². The van der Waals surface area contributed by atoms with Crippen LogP contribution in [-0.4, -0.2) is 66.9 Å². The summed E-state index contributed by atoms with van der Waals surface area (Å²) in [6.07, 6.45) is 5.76. The van der Waals surface area contributed by atoms with Gasteiger partial charge in [0.15, 0.2) is 0 Å². The number of ether oxygens (including phenoxy) is 4. The Kier molecular flexibility index (Phi) is 5.36. The number of hydrogen-bond acceptors (Lipinski definition) is 8. The van der Waals surface area contributed by atoms with Crippen LogP contribution in [0.5, 0.6) is 0 Å². The van der Waals surface area contributed by atoms with E-state index in [1.165, 1.54) is 0 Å². The van der Waals surface area contributed by atoms with Gasteiger partial charge in [-0.15, -0.1) is 0 Å². The lowest BCUT2D eigenvalue weighted by molar-refractivity contribution is -0.163. The number of rotatable bonds is 3. The average Bonchev–Trinajstić information content (AvgIpc) is 3.14. The van der Waals surface area contributed by atoms with Crippen LogP contribution in [0.3, 0.4) is 0 Å². The van der Waals surface area contributed by atoms with Crippen molar-refractivity contribution in [1.29, 1.82) is 0 Å². The SMILES string of the molecule is CC1C(=O)OC2CC3(C)OC3C(OC(=O)C3CCCCC3)C(N(C)C)C3C=C(OC3=O)C21. The predicted molar refractivity (Wildman–Crippen MR) is 112 cm³/mol. The average molecular weight is 448 g/mol. The van der Waals surface area contributed by atoms with Gasteiger partial charge in [0.25, 0.3) is 0 Å². The first-order valence-electron chi connectivity index (χ1n) is 11.9. The Morgan fingerprint density at radius 3 is 2.56 bits per heavy atom. The third-order valence-electron chi connectivity index (χ3n) is 8.08. The van der Waals surface area contributed by atoms with Gasteiger partial charge in [-0.2, -0.15) is 0 Å². The van der Waals surface area contributed by atoms with Gasteiger partial charge in [-0.1, -0.05) is 26.2 Å². The highest BCUT2D eigenvalue weighted by Gasteiger charge is 2.65. The molecule has 2 aliphatic carbocycles. The van der Waals surface area contributed by atoms with Crippen molar-refractivity contribution in [2.75, 3.05) is 14.1 Å². The maximum absolute atomic E-state index is 13.1. The molecule has 8 heteroatoms. The van der Waals surface area contributed by atoms with Crippen molar-refractivity contribution >= 4 is 17.9 Å². The molecule has 1 saturated carbocycles. The van der Waals surface area contributed by atoms with Crippen LogP contribution in [0, 0.1) is 23.7 Å². The lowest BCUT2D eigenvalue weighted by atomic mass is 9.80. The van der Waals surface area contributed by atoms with E-state index in [0.29, 0.717) is 12.2 Å². The molecule has 3 aliphatic heterocycles. The normalized spacial score (nSPS) is 43.7. The van der Waals surface area contributed by atoms with Crippen LogP contribution >= 0.6 is 0 Å². The van der Waals surface area contributed by atoms with Crippen LogP contribution in [0.4, 0.5) is 0 Å². The molecule has 0 spiro atoms. The number of likely N-dealkylation sites (N-methyl/N-ethyl adjacent to an activating group) is 1. The Morgan fingerprint density at radius 2 is 1.88 bits per heavy atom. The van der Waals surface area contributed by atoms with Crippen molar-refractivity contribution < 1.29 is 33.3 Å². The number of carbonyl (C=O) groups excluding carboxylic acids is 3. The quantitative estimate of drug-likeness (QED) is 0.369. The van der Waals surface area contributed by atoms with Gasteiger partial charge in [0.1, 0.15) is 24.1 Å². The van der Waals surface area contributed by atoms with Gasteiger partial charge in [0, 0.05) is 6.42 Å². The van der Waals surface area contributed by atoms with E-state index in [-0.39, 0.29) is 35.8 Å². The van der Waals surface area contributed by atoms with Crippen LogP contribution in [0.15, 0.2) is 11.8 Å². The monoisotopic (exact) mass is 447 g/mol. The van der Waals surface area contributed by atoms with E-state index in [1.807, 2.05) is 38.9 Å². The molecule has 5 aliphatic rings. The third-order valence-corrected chi connectivity index (χ3v) is 8.08. The van der Waals surface area contributed by atoms with Crippen LogP contribution in [-0.2, 0) is 33.3 Å². The molecule has 5 rings (SSSR count). The Hall–Kier alpha value is -1.93. The van der Waals surface area contributed by atoms with E-state index >= 15 is 0 Å². The highest BCUT2D eigenvalue weighted by Crippen LogP contribution is 2.52. The Labute approximate surface area is 188 Å². The Morgan fingerprint density at radius 1 is 1.16 bits per heavy atom. The summed E-state index contributed by atoms with van der Waals surface area (Å²) in [6.45, 7) is 3.78. The molecule has 176 valence electrons. The van der Waals surface area contributed by atoms with Crippen molar-refractivity contribution in [3.05, 3.63) is 11.8 Å². The fourth-order valence-corrected chi connectivity index (χ4v) is 6.21. The number of carbonyl (C=O) groups is 3. The maximum atomic E-state index is 13.1. The number of nitrogens with zero attached hydrogens (tertiary/aromatic N) is 1. The van der Waals surface area contributed by atoms with Crippen LogP contribution in [0.25, 0.3) is 0 Å². The minimum atomic E-state index is -0.622. The summed E-state index contributed by atoms with van der Waals surface area (Å²) in [6, 6.07) is -0.427. The summed E-state index contributed by atoms with van der Waals surface area (Å²) in [5.41, 5.74) is -0.598. The van der Waals surface area contributed by atoms with Gasteiger partial charge in [-0.3, -0.25) is 14.4 Å². The van der Waals surface area contributed by atoms with Gasteiger partial charge < -0.3 is 23.8 Å². The van der Waals surface area contributed by atoms with E-state index in [1.54, 1.807) is 0 Å². The summed E-state index contributed by atoms with van der Waals surface area (Å²) in [5.74, 6) is -1.80. The van der Waals surface area contributed by atoms with Gasteiger partial charge in [-0.25, -0.2) is 0 Å². The topological polar surface area (TPSA) is 94.7 Å². The Bertz CT molecular complexity index is 847. The molecule has 3 fully saturated rings. The smallest absolute Gasteiger partial charge is 0.319 e. The molecule has 0 aromatic heterocycles. The molecule has 0 radical (unpaired) electrons. The lowest BCUT2D eigenvalue weighted by Gasteiger charge is -2.35. The first kappa shape index (κ1) is 21.9. The van der Waals surface area contributed by atoms with Crippen molar-refractivity contribution in [2.24, 2.45) is 23.7 Å². The first-order chi connectivity index (χ1) is 15.2. The molecular weight excluding hydrogens is 414 g/mol. The van der Waals surface area contributed by atoms with Crippen LogP contribution in [0.1, 0.15) is 52.4 Å². The summed E-state index contributed by atoms with van der Waals surface area (Å²) in [7, 11) is 3.76. The zero-order chi connectivity index (χ0) is 22.8. The number of fused-ring (bicyclic) bond motifs is 4. The fourth-order valence-electron chi connectivity index (χ4n) is 6.21. The highest BCUT2D eigenvalue weighted by atomic mass is 16.6. The summed E-state index contributed by atoms with van der Waals surface area (Å²) in [5, 5.41) is 0. The van der Waals surface area contributed by atoms with E-state index in [2.05, 4.69) is 0 Å². The van der Waals surface area contributed by atoms with Crippen LogP contribution < -0.4 is 0 Å². The minimum Gasteiger partial charge on any atom is -0.461 e. The molecule has 32 heavy (non-hydrogen) atoms. The summed E-state index contributed by atoms with van der Waals surface area (Å²) in [4.78, 5) is 40.4. The molecule has 8 atom stereocenters. The second-order valence-corrected chi connectivity index (χ2v) is 10.6. The van der Waals surface area contributed by atoms with Gasteiger partial charge in [0.2, 0.25) is 0 Å². The van der Waals surface area contributed by atoms with Crippen LogP contribution in [0.2, 0.25) is 0 Å². The molecule has 3 heterocycles. The minimum absolute atomic E-state index is 0.102. The summed E-state index contributed by atoms with van der Waals surface area (Å²) < 4.78 is 23.7. The second-order valence-electron chi connectivity index (χ2n) is 10.6. The van der Waals surface area contributed by atoms with Crippen molar-refractivity contribution in [1.82, 2.24) is 4.90 Å². The standard InChI is InChI=1S/C24H33NO7/c1-12-17-15-10-14(23(28)29-15)18(25(3)4)19(31-22(27)13-8-6-5-7-9-13)20-24(2,32-20)11-16(17)30-21(12)26/h10,12-14,16-20H,5-9,11H2,1-4H3. The van der Waals surface area contributed by atoms with Crippen molar-refractivity contribution in [2.45, 2.75) is 82.3 Å². The van der Waals surface area contributed by atoms with Crippen molar-refractivity contribution in [3.8, 4) is 0 Å². The molecule has 0 amide bonds. The summed E-state index contributed by atoms with van der Waals surface area (Å²) >= 11 is 0. The molecule has 0 aromatic rings. The molecule has 2 bridgehead atoms. The molecule has 0 aromatic carbocycles. The van der Waals surface area contributed by atoms with E-state index in [9.17, 15) is 14.4 Å². The second kappa shape index (κ2) is 7.83. The lowest BCUT2D eigenvalue weighted by Crippen LogP contribution is -2.52. The molecular formula is C24H33NO7. The molecule has 8 unspecified atom stereocenters. The first-order valence-corrected chi connectivity index (χ1v) is 11.9. The molecule has 8 nitrogen and oxygen atoms in total. The number of esters is 3. The van der Waals surface area contributed by atoms with Crippen molar-refractivity contribution in [3.63, 3.8) is 0 Å². The highest BCUT2D eigenvalue weighted by molar-refractivity contribution is 5.81. The fraction of sp³-hybridized carbons (Fsp3) is 0.792. The zero-order valence-corrected chi connectivity index (χ0v) is 19.2. The number of hydrogen-bond donors (Lipinski definition) is 0.